The summed E-state index contributed by atoms with van der Waals surface area (Å²) in [5.74, 6) is 0.826. The second-order valence-corrected chi connectivity index (χ2v) is 9.29. The van der Waals surface area contributed by atoms with E-state index in [1.54, 1.807) is 18.2 Å². The van der Waals surface area contributed by atoms with E-state index in [2.05, 4.69) is 19.9 Å². The number of nitrogens with zero attached hydrogens (tertiary/aromatic N) is 2. The molecule has 1 fully saturated rings. The highest BCUT2D eigenvalue weighted by Crippen LogP contribution is 2.39. The summed E-state index contributed by atoms with van der Waals surface area (Å²) in [6, 6.07) is 14.3. The molecule has 4 rings (SSSR count). The Morgan fingerprint density at radius 3 is 2.50 bits per heavy atom. The number of alkyl halides is 3. The number of hydrogen-bond acceptors (Lipinski definition) is 6. The predicted octanol–water partition coefficient (Wildman–Crippen LogP) is 4.37. The van der Waals surface area contributed by atoms with Gasteiger partial charge in [-0.3, -0.25) is 0 Å². The summed E-state index contributed by atoms with van der Waals surface area (Å²) in [5, 5.41) is 3.40. The second-order valence-electron chi connectivity index (χ2n) is 9.29. The molecule has 0 aromatic heterocycles. The summed E-state index contributed by atoms with van der Waals surface area (Å²) >= 11 is 0. The van der Waals surface area contributed by atoms with Crippen LogP contribution in [0.1, 0.15) is 43.7 Å². The van der Waals surface area contributed by atoms with Crippen molar-refractivity contribution in [2.45, 2.75) is 57.1 Å². The molecule has 5 N–H and O–H groups in total. The van der Waals surface area contributed by atoms with E-state index in [9.17, 15) is 13.2 Å². The van der Waals surface area contributed by atoms with Crippen molar-refractivity contribution in [3.05, 3.63) is 59.7 Å². The number of para-hydroxylation sites is 2. The molecule has 1 unspecified atom stereocenters. The smallest absolute Gasteiger partial charge is 0.406 e. The minimum atomic E-state index is -4.69. The number of ether oxygens (including phenoxy) is 1. The van der Waals surface area contributed by atoms with E-state index in [4.69, 9.17) is 11.5 Å². The van der Waals surface area contributed by atoms with E-state index >= 15 is 0 Å². The Morgan fingerprint density at radius 1 is 1.09 bits per heavy atom. The van der Waals surface area contributed by atoms with E-state index in [0.29, 0.717) is 30.4 Å². The normalized spacial score (nSPS) is 25.0. The Labute approximate surface area is 198 Å². The van der Waals surface area contributed by atoms with Crippen molar-refractivity contribution >= 4 is 11.6 Å². The van der Waals surface area contributed by atoms with Crippen LogP contribution in [0.4, 0.5) is 18.9 Å². The number of nitrogens with two attached hydrogens (primary N) is 2. The molecular formula is C25H32F3N5O. The number of halogens is 3. The molecule has 0 radical (unpaired) electrons. The van der Waals surface area contributed by atoms with Crippen molar-refractivity contribution in [3.8, 4) is 5.75 Å². The number of hydrogen-bond donors (Lipinski definition) is 3. The van der Waals surface area contributed by atoms with Crippen LogP contribution in [0.15, 0.2) is 53.5 Å². The van der Waals surface area contributed by atoms with Gasteiger partial charge in [0.05, 0.1) is 5.69 Å². The molecule has 9 heteroatoms. The van der Waals surface area contributed by atoms with Gasteiger partial charge in [0.25, 0.3) is 0 Å². The minimum Gasteiger partial charge on any atom is -0.406 e. The van der Waals surface area contributed by atoms with Gasteiger partial charge in [-0.25, -0.2) is 4.99 Å². The lowest BCUT2D eigenvalue weighted by Crippen LogP contribution is -2.62. The van der Waals surface area contributed by atoms with E-state index < -0.39 is 12.0 Å². The van der Waals surface area contributed by atoms with Crippen LogP contribution < -0.4 is 21.5 Å². The van der Waals surface area contributed by atoms with E-state index in [1.807, 2.05) is 31.2 Å². The van der Waals surface area contributed by atoms with Crippen LogP contribution in [-0.4, -0.2) is 36.4 Å². The first-order chi connectivity index (χ1) is 16.1. The van der Waals surface area contributed by atoms with Gasteiger partial charge in [0.1, 0.15) is 11.4 Å². The van der Waals surface area contributed by atoms with Crippen LogP contribution in [0.5, 0.6) is 5.75 Å². The van der Waals surface area contributed by atoms with Gasteiger partial charge in [0.15, 0.2) is 5.96 Å². The van der Waals surface area contributed by atoms with Crippen LogP contribution >= 0.6 is 0 Å². The highest BCUT2D eigenvalue weighted by Gasteiger charge is 2.41. The Balaban J connectivity index is 1.27. The largest absolute Gasteiger partial charge is 0.573 e. The molecule has 0 amide bonds. The zero-order chi connectivity index (χ0) is 24.3. The first-order valence-corrected chi connectivity index (χ1v) is 11.7. The summed E-state index contributed by atoms with van der Waals surface area (Å²) in [7, 11) is 0. The van der Waals surface area contributed by atoms with Gasteiger partial charge in [-0.15, -0.1) is 13.2 Å². The molecule has 34 heavy (non-hydrogen) atoms. The highest BCUT2D eigenvalue weighted by molar-refractivity contribution is 5.85. The van der Waals surface area contributed by atoms with Crippen LogP contribution in [0.3, 0.4) is 0 Å². The lowest BCUT2D eigenvalue weighted by Gasteiger charge is -2.48. The van der Waals surface area contributed by atoms with Crippen molar-refractivity contribution in [2.24, 2.45) is 22.4 Å². The number of guanidine groups is 1. The predicted molar refractivity (Wildman–Crippen MR) is 127 cm³/mol. The van der Waals surface area contributed by atoms with Crippen molar-refractivity contribution in [1.29, 1.82) is 0 Å². The highest BCUT2D eigenvalue weighted by atomic mass is 19.4. The number of benzene rings is 2. The van der Waals surface area contributed by atoms with Crippen LogP contribution in [0.25, 0.3) is 0 Å². The summed E-state index contributed by atoms with van der Waals surface area (Å²) in [6.07, 6.45) is -0.265. The summed E-state index contributed by atoms with van der Waals surface area (Å²) in [5.41, 5.74) is 14.7. The van der Waals surface area contributed by atoms with E-state index in [-0.39, 0.29) is 11.8 Å². The van der Waals surface area contributed by atoms with E-state index in [0.717, 1.165) is 43.5 Å². The quantitative estimate of drug-likeness (QED) is 0.518. The fourth-order valence-corrected chi connectivity index (χ4v) is 5.18. The van der Waals surface area contributed by atoms with Gasteiger partial charge in [-0.05, 0) is 75.7 Å². The maximum atomic E-state index is 12.6. The Kier molecular flexibility index (Phi) is 7.04. The molecule has 2 aromatic carbocycles. The monoisotopic (exact) mass is 475 g/mol. The zero-order valence-electron chi connectivity index (χ0n) is 19.3. The zero-order valence-corrected chi connectivity index (χ0v) is 19.3. The average molecular weight is 476 g/mol. The van der Waals surface area contributed by atoms with Crippen molar-refractivity contribution in [1.82, 2.24) is 10.2 Å². The molecule has 2 aliphatic rings. The molecule has 0 saturated heterocycles. The molecule has 1 heterocycles. The standard InChI is InChI=1S/C25H32F3N5O/c1-24(30)20-7-3-4-8-21(20)32-23(29)33(24)19-12-10-17(11-13-19)16-31-15-14-18-6-2-5-9-22(18)34-25(26,27)28/h2-9,17,19,31H,10-16,30H2,1H3,(H2,29,32). The maximum Gasteiger partial charge on any atom is 0.573 e. The van der Waals surface area contributed by atoms with Crippen molar-refractivity contribution < 1.29 is 17.9 Å². The first kappa shape index (κ1) is 24.3. The molecular weight excluding hydrogens is 443 g/mol. The molecule has 1 saturated carbocycles. The minimum absolute atomic E-state index is 0.135. The molecule has 1 atom stereocenters. The van der Waals surface area contributed by atoms with Crippen molar-refractivity contribution in [2.75, 3.05) is 13.1 Å². The van der Waals surface area contributed by atoms with Crippen molar-refractivity contribution in [3.63, 3.8) is 0 Å². The van der Waals surface area contributed by atoms with Gasteiger partial charge in [-0.1, -0.05) is 36.4 Å². The van der Waals surface area contributed by atoms with Gasteiger partial charge < -0.3 is 26.4 Å². The number of fused-ring (bicyclic) bond motifs is 1. The molecule has 2 aromatic rings. The second kappa shape index (κ2) is 9.84. The Bertz CT molecular complexity index is 1020. The molecule has 0 spiro atoms. The third-order valence-electron chi connectivity index (χ3n) is 6.82. The molecule has 1 aliphatic carbocycles. The lowest BCUT2D eigenvalue weighted by atomic mass is 9.83. The number of rotatable bonds is 7. The Morgan fingerprint density at radius 2 is 1.76 bits per heavy atom. The van der Waals surface area contributed by atoms with Gasteiger partial charge in [0.2, 0.25) is 0 Å². The molecule has 6 nitrogen and oxygen atoms in total. The van der Waals surface area contributed by atoms with Crippen LogP contribution in [-0.2, 0) is 12.1 Å². The SMILES string of the molecule is CC1(N)c2ccccc2N=C(N)N1C1CCC(CNCCc2ccccc2OC(F)(F)F)CC1. The first-order valence-electron chi connectivity index (χ1n) is 11.7. The molecule has 184 valence electrons. The van der Waals surface area contributed by atoms with Gasteiger partial charge in [-0.2, -0.15) is 0 Å². The lowest BCUT2D eigenvalue weighted by molar-refractivity contribution is -0.274. The van der Waals surface area contributed by atoms with E-state index in [1.165, 1.54) is 6.07 Å². The maximum absolute atomic E-state index is 12.6. The van der Waals surface area contributed by atoms with Crippen LogP contribution in [0, 0.1) is 5.92 Å². The third-order valence-corrected chi connectivity index (χ3v) is 6.82. The van der Waals surface area contributed by atoms with Gasteiger partial charge in [0, 0.05) is 11.6 Å². The fraction of sp³-hybridized carbons (Fsp3) is 0.480. The van der Waals surface area contributed by atoms with Gasteiger partial charge >= 0.3 is 6.36 Å². The third kappa shape index (κ3) is 5.47. The number of aliphatic imine (C=N–C) groups is 1. The average Bonchev–Trinajstić information content (AvgIpc) is 2.77. The summed E-state index contributed by atoms with van der Waals surface area (Å²) in [6.45, 7) is 3.39. The number of nitrogens with one attached hydrogen (secondary N) is 1. The topological polar surface area (TPSA) is 88.9 Å². The summed E-state index contributed by atoms with van der Waals surface area (Å²) < 4.78 is 41.9. The fourth-order valence-electron chi connectivity index (χ4n) is 5.18. The molecule has 0 bridgehead atoms. The van der Waals surface area contributed by atoms with Crippen LogP contribution in [0.2, 0.25) is 0 Å². The Hall–Kier alpha value is -2.78. The summed E-state index contributed by atoms with van der Waals surface area (Å²) in [4.78, 5) is 6.65. The molecule has 1 aliphatic heterocycles.